The molecule has 0 aliphatic rings. The van der Waals surface area contributed by atoms with Crippen LogP contribution in [0.15, 0.2) is 30.6 Å². The van der Waals surface area contributed by atoms with Gasteiger partial charge in [-0.05, 0) is 12.1 Å². The quantitative estimate of drug-likeness (QED) is 0.460. The van der Waals surface area contributed by atoms with E-state index in [1.807, 2.05) is 18.2 Å². The summed E-state index contributed by atoms with van der Waals surface area (Å²) in [4.78, 5) is 3.78. The molecule has 1 aromatic heterocycles. The number of halogens is 5. The fourth-order valence-electron chi connectivity index (χ4n) is 0.313. The van der Waals surface area contributed by atoms with Gasteiger partial charge in [0.1, 0.15) is 0 Å². The van der Waals surface area contributed by atoms with Crippen LogP contribution in [-0.4, -0.2) is 4.98 Å². The van der Waals surface area contributed by atoms with Crippen molar-refractivity contribution in [2.75, 3.05) is 0 Å². The molecule has 0 bridgehead atoms. The molecule has 12 heavy (non-hydrogen) atoms. The van der Waals surface area contributed by atoms with Gasteiger partial charge >= 0.3 is 29.1 Å². The van der Waals surface area contributed by atoms with E-state index in [4.69, 9.17) is 0 Å². The van der Waals surface area contributed by atoms with Gasteiger partial charge in [0.25, 0.3) is 0 Å². The van der Waals surface area contributed by atoms with Gasteiger partial charge in [0.2, 0.25) is 0 Å². The molecule has 7 heteroatoms. The van der Waals surface area contributed by atoms with E-state index in [-0.39, 0.29) is 0 Å². The van der Waals surface area contributed by atoms with Crippen LogP contribution in [0.3, 0.4) is 0 Å². The maximum absolute atomic E-state index is 9.84. The number of nitrogens with zero attached hydrogens (tertiary/aromatic N) is 1. The fourth-order valence-corrected chi connectivity index (χ4v) is 0.313. The molecule has 0 amide bonds. The van der Waals surface area contributed by atoms with Crippen molar-refractivity contribution in [1.29, 1.82) is 0 Å². The van der Waals surface area contributed by atoms with Crippen molar-refractivity contribution < 1.29 is 21.0 Å². The van der Waals surface area contributed by atoms with Crippen LogP contribution >= 0.6 is 8.16 Å². The molecule has 0 aromatic carbocycles. The van der Waals surface area contributed by atoms with E-state index in [9.17, 15) is 21.0 Å². The van der Waals surface area contributed by atoms with E-state index >= 15 is 0 Å². The molecule has 1 aromatic rings. The van der Waals surface area contributed by atoms with Crippen LogP contribution in [0.2, 0.25) is 0 Å². The van der Waals surface area contributed by atoms with Crippen LogP contribution in [0.1, 0.15) is 0 Å². The topological polar surface area (TPSA) is 12.9 Å². The SMILES string of the molecule is FP(F)(F)(F)F.c1ccncc1. The first-order valence-corrected chi connectivity index (χ1v) is 4.39. The zero-order valence-electron chi connectivity index (χ0n) is 5.67. The second-order valence-electron chi connectivity index (χ2n) is 1.66. The van der Waals surface area contributed by atoms with Crippen LogP contribution in [0, 0.1) is 0 Å². The van der Waals surface area contributed by atoms with Gasteiger partial charge in [0.05, 0.1) is 0 Å². The van der Waals surface area contributed by atoms with Crippen molar-refractivity contribution in [1.82, 2.24) is 4.98 Å². The van der Waals surface area contributed by atoms with Crippen molar-refractivity contribution in [3.05, 3.63) is 30.6 Å². The van der Waals surface area contributed by atoms with E-state index in [1.165, 1.54) is 0 Å². The predicted molar refractivity (Wildman–Crippen MR) is 36.7 cm³/mol. The first-order valence-electron chi connectivity index (χ1n) is 2.69. The summed E-state index contributed by atoms with van der Waals surface area (Å²) in [6.07, 6.45) is 3.50. The Morgan fingerprint density at radius 1 is 0.750 bits per heavy atom. The second kappa shape index (κ2) is 3.76. The molecule has 1 nitrogen and oxygen atoms in total. The Balaban J connectivity index is 0.000000202. The Labute approximate surface area is 65.8 Å². The van der Waals surface area contributed by atoms with E-state index in [2.05, 4.69) is 4.98 Å². The molecule has 70 valence electrons. The van der Waals surface area contributed by atoms with Crippen molar-refractivity contribution in [3.8, 4) is 0 Å². The zero-order chi connectivity index (χ0) is 9.69. The molecule has 0 saturated carbocycles. The summed E-state index contributed by atoms with van der Waals surface area (Å²) in [6.45, 7) is 0. The second-order valence-corrected chi connectivity index (χ2v) is 2.94. The third-order valence-corrected chi connectivity index (χ3v) is 0.566. The molecule has 0 saturated heterocycles. The van der Waals surface area contributed by atoms with Crippen LogP contribution in [0.4, 0.5) is 21.0 Å². The minimum Gasteiger partial charge on any atom is -0.265 e. The monoisotopic (exact) mass is 205 g/mol. The molecular weight excluding hydrogens is 200 g/mol. The first-order chi connectivity index (χ1) is 5.24. The first kappa shape index (κ1) is 11.2. The third-order valence-electron chi connectivity index (χ3n) is 0.566. The number of rotatable bonds is 0. The Morgan fingerprint density at radius 3 is 1.17 bits per heavy atom. The Bertz CT molecular complexity index is 175. The Kier molecular flexibility index (Phi) is 3.52. The average molecular weight is 205 g/mol. The maximum Gasteiger partial charge on any atom is 0.0267 e. The number of hydrogen-bond donors (Lipinski definition) is 0. The molecule has 0 unspecified atom stereocenters. The van der Waals surface area contributed by atoms with Crippen molar-refractivity contribution in [2.24, 2.45) is 0 Å². The minimum atomic E-state index is -8.55. The fraction of sp³-hybridized carbons (Fsp3) is 0. The summed E-state index contributed by atoms with van der Waals surface area (Å²) in [5.74, 6) is 0. The van der Waals surface area contributed by atoms with Gasteiger partial charge in [0.15, 0.2) is 0 Å². The Morgan fingerprint density at radius 2 is 1.08 bits per heavy atom. The molecule has 1 rings (SSSR count). The molecule has 1 heterocycles. The van der Waals surface area contributed by atoms with E-state index < -0.39 is 8.16 Å². The van der Waals surface area contributed by atoms with Gasteiger partial charge in [-0.2, -0.15) is 0 Å². The summed E-state index contributed by atoms with van der Waals surface area (Å²) in [5, 5.41) is 0. The molecule has 0 aliphatic carbocycles. The summed E-state index contributed by atoms with van der Waals surface area (Å²) in [7, 11) is -8.55. The maximum atomic E-state index is 9.84. The van der Waals surface area contributed by atoms with Crippen LogP contribution in [0.25, 0.3) is 0 Å². The molecular formula is C5H5F5NP. The standard InChI is InChI=1S/C5H5N.F5P/c1-2-4-6-5-3-1;1-6(2,3,4)5/h1-5H;. The number of hydrogen-bond acceptors (Lipinski definition) is 1. The van der Waals surface area contributed by atoms with Crippen LogP contribution in [0.5, 0.6) is 0 Å². The Hall–Kier alpha value is -0.770. The van der Waals surface area contributed by atoms with Crippen LogP contribution < -0.4 is 0 Å². The van der Waals surface area contributed by atoms with Gasteiger partial charge in [-0.1, -0.05) is 6.07 Å². The molecule has 0 radical (unpaired) electrons. The number of aromatic nitrogens is 1. The molecule has 0 fully saturated rings. The summed E-state index contributed by atoms with van der Waals surface area (Å²) >= 11 is 0. The van der Waals surface area contributed by atoms with Gasteiger partial charge in [-0.15, -0.1) is 0 Å². The third kappa shape index (κ3) is 22.9. The smallest absolute Gasteiger partial charge is 0.0267 e. The van der Waals surface area contributed by atoms with Crippen molar-refractivity contribution in [2.45, 2.75) is 0 Å². The van der Waals surface area contributed by atoms with Gasteiger partial charge in [-0.25, -0.2) is 0 Å². The normalized spacial score (nSPS) is 13.6. The van der Waals surface area contributed by atoms with Gasteiger partial charge in [0, 0.05) is 12.4 Å². The molecule has 0 N–H and O–H groups in total. The zero-order valence-corrected chi connectivity index (χ0v) is 6.57. The largest absolute Gasteiger partial charge is 0.265 e. The predicted octanol–water partition coefficient (Wildman–Crippen LogP) is 4.04. The van der Waals surface area contributed by atoms with Gasteiger partial charge in [-0.3, -0.25) is 4.98 Å². The number of pyridine rings is 1. The van der Waals surface area contributed by atoms with E-state index in [1.54, 1.807) is 12.4 Å². The molecule has 0 atom stereocenters. The van der Waals surface area contributed by atoms with Crippen LogP contribution in [-0.2, 0) is 0 Å². The van der Waals surface area contributed by atoms with Gasteiger partial charge < -0.3 is 0 Å². The summed E-state index contributed by atoms with van der Waals surface area (Å²) < 4.78 is 49.2. The van der Waals surface area contributed by atoms with E-state index in [0.29, 0.717) is 0 Å². The molecule has 0 aliphatic heterocycles. The minimum absolute atomic E-state index is 1.75. The summed E-state index contributed by atoms with van der Waals surface area (Å²) in [5.41, 5.74) is 0. The van der Waals surface area contributed by atoms with E-state index in [0.717, 1.165) is 0 Å². The van der Waals surface area contributed by atoms with Crippen molar-refractivity contribution in [3.63, 3.8) is 0 Å². The molecule has 0 spiro atoms. The van der Waals surface area contributed by atoms with Crippen molar-refractivity contribution >= 4 is 8.16 Å². The summed E-state index contributed by atoms with van der Waals surface area (Å²) in [6, 6.07) is 5.72. The average Bonchev–Trinajstić information content (AvgIpc) is 1.86.